The van der Waals surface area contributed by atoms with Crippen LogP contribution in [0.1, 0.15) is 39.0 Å². The van der Waals surface area contributed by atoms with E-state index in [0.717, 1.165) is 0 Å². The Kier molecular flexibility index (Phi) is 3.57. The predicted molar refractivity (Wildman–Crippen MR) is 79.7 cm³/mol. The molecule has 0 atom stereocenters. The molecule has 0 aromatic rings. The largest absolute Gasteiger partial charge is 0.390 e. The van der Waals surface area contributed by atoms with Crippen molar-refractivity contribution in [3.05, 3.63) is 12.2 Å². The molecule has 0 aromatic heterocycles. The Balaban J connectivity index is 1.59. The molecule has 0 radical (unpaired) electrons. The van der Waals surface area contributed by atoms with Gasteiger partial charge in [-0.05, 0) is 44.4 Å². The minimum absolute atomic E-state index is 0.0184. The van der Waals surface area contributed by atoms with E-state index in [1.54, 1.807) is 6.92 Å². The summed E-state index contributed by atoms with van der Waals surface area (Å²) < 4.78 is 0. The van der Waals surface area contributed by atoms with Crippen molar-refractivity contribution >= 4 is 11.8 Å². The molecule has 6 nitrogen and oxygen atoms in total. The fraction of sp³-hybridized carbons (Fsp3) is 0.750. The third-order valence-corrected chi connectivity index (χ3v) is 5.37. The van der Waals surface area contributed by atoms with Gasteiger partial charge in [-0.1, -0.05) is 6.58 Å². The van der Waals surface area contributed by atoms with Crippen molar-refractivity contribution in [2.75, 3.05) is 6.54 Å². The quantitative estimate of drug-likeness (QED) is 0.543. The maximum Gasteiger partial charge on any atom is 0.246 e. The molecule has 2 amide bonds. The van der Waals surface area contributed by atoms with Crippen LogP contribution >= 0.6 is 0 Å². The maximum atomic E-state index is 12.0. The SMILES string of the molecule is C=C(C)C(=O)NCC(=O)NC1C2CC3(O)CC1CC(O)(C2)C3. The normalized spacial score (nSPS) is 42.0. The van der Waals surface area contributed by atoms with Gasteiger partial charge in [0.05, 0.1) is 17.7 Å². The Morgan fingerprint density at radius 3 is 2.09 bits per heavy atom. The minimum atomic E-state index is -0.768. The lowest BCUT2D eigenvalue weighted by atomic mass is 9.50. The summed E-state index contributed by atoms with van der Waals surface area (Å²) in [5.41, 5.74) is -1.17. The van der Waals surface area contributed by atoms with E-state index in [9.17, 15) is 19.8 Å². The van der Waals surface area contributed by atoms with Crippen LogP contribution in [-0.4, -0.2) is 45.8 Å². The Morgan fingerprint density at radius 1 is 1.14 bits per heavy atom. The van der Waals surface area contributed by atoms with E-state index in [0.29, 0.717) is 37.7 Å². The van der Waals surface area contributed by atoms with Crippen LogP contribution in [0, 0.1) is 11.8 Å². The van der Waals surface area contributed by atoms with E-state index < -0.39 is 11.2 Å². The zero-order valence-corrected chi connectivity index (χ0v) is 12.9. The first kappa shape index (κ1) is 15.5. The highest BCUT2D eigenvalue weighted by Gasteiger charge is 2.60. The topological polar surface area (TPSA) is 98.7 Å². The molecule has 0 heterocycles. The molecule has 4 saturated carbocycles. The molecule has 0 saturated heterocycles. The van der Waals surface area contributed by atoms with Crippen molar-refractivity contribution in [2.45, 2.75) is 56.3 Å². The van der Waals surface area contributed by atoms with Gasteiger partial charge in [0, 0.05) is 18.0 Å². The Labute approximate surface area is 130 Å². The van der Waals surface area contributed by atoms with Gasteiger partial charge < -0.3 is 20.8 Å². The van der Waals surface area contributed by atoms with Crippen molar-refractivity contribution in [1.82, 2.24) is 10.6 Å². The fourth-order valence-electron chi connectivity index (χ4n) is 4.84. The fourth-order valence-corrected chi connectivity index (χ4v) is 4.84. The van der Waals surface area contributed by atoms with E-state index in [2.05, 4.69) is 17.2 Å². The summed E-state index contributed by atoms with van der Waals surface area (Å²) in [4.78, 5) is 23.5. The lowest BCUT2D eigenvalue weighted by Gasteiger charge is -2.61. The smallest absolute Gasteiger partial charge is 0.246 e. The van der Waals surface area contributed by atoms with E-state index in [1.807, 2.05) is 0 Å². The van der Waals surface area contributed by atoms with Gasteiger partial charge >= 0.3 is 0 Å². The summed E-state index contributed by atoms with van der Waals surface area (Å²) in [6.07, 6.45) is 3.00. The summed E-state index contributed by atoms with van der Waals surface area (Å²) in [5, 5.41) is 26.5. The first-order valence-electron chi connectivity index (χ1n) is 7.88. The van der Waals surface area contributed by atoms with Gasteiger partial charge in [0.1, 0.15) is 0 Å². The third kappa shape index (κ3) is 2.77. The van der Waals surface area contributed by atoms with Crippen molar-refractivity contribution in [2.24, 2.45) is 11.8 Å². The lowest BCUT2D eigenvalue weighted by Crippen LogP contribution is -2.67. The van der Waals surface area contributed by atoms with Gasteiger partial charge in [-0.3, -0.25) is 9.59 Å². The molecular formula is C16H24N2O4. The van der Waals surface area contributed by atoms with Gasteiger partial charge in [0.15, 0.2) is 0 Å². The van der Waals surface area contributed by atoms with Crippen LogP contribution in [-0.2, 0) is 9.59 Å². The number of nitrogens with one attached hydrogen (secondary N) is 2. The van der Waals surface area contributed by atoms with Gasteiger partial charge in [-0.15, -0.1) is 0 Å². The minimum Gasteiger partial charge on any atom is -0.390 e. The van der Waals surface area contributed by atoms with Crippen molar-refractivity contribution in [3.63, 3.8) is 0 Å². The highest BCUT2D eigenvalue weighted by atomic mass is 16.3. The van der Waals surface area contributed by atoms with Gasteiger partial charge in [0.2, 0.25) is 11.8 Å². The van der Waals surface area contributed by atoms with E-state index in [1.165, 1.54) is 0 Å². The summed E-state index contributed by atoms with van der Waals surface area (Å²) in [5.74, 6) is -0.344. The highest BCUT2D eigenvalue weighted by molar-refractivity contribution is 5.94. The number of amides is 2. The molecule has 122 valence electrons. The number of aliphatic hydroxyl groups is 2. The number of rotatable bonds is 4. The van der Waals surface area contributed by atoms with Crippen LogP contribution < -0.4 is 10.6 Å². The molecule has 4 aliphatic rings. The molecule has 6 heteroatoms. The summed E-state index contributed by atoms with van der Waals surface area (Å²) >= 11 is 0. The van der Waals surface area contributed by atoms with Crippen molar-refractivity contribution < 1.29 is 19.8 Å². The molecular weight excluding hydrogens is 284 g/mol. The second-order valence-electron chi connectivity index (χ2n) is 7.52. The number of carbonyl (C=O) groups excluding carboxylic acids is 2. The average molecular weight is 308 g/mol. The van der Waals surface area contributed by atoms with Crippen LogP contribution in [0.4, 0.5) is 0 Å². The number of hydrogen-bond donors (Lipinski definition) is 4. The second kappa shape index (κ2) is 5.06. The number of hydrogen-bond acceptors (Lipinski definition) is 4. The second-order valence-corrected chi connectivity index (χ2v) is 7.52. The van der Waals surface area contributed by atoms with Gasteiger partial charge in [0.25, 0.3) is 0 Å². The van der Waals surface area contributed by atoms with Crippen LogP contribution in [0.2, 0.25) is 0 Å². The molecule has 4 N–H and O–H groups in total. The molecule has 4 aliphatic carbocycles. The van der Waals surface area contributed by atoms with Crippen LogP contribution in [0.5, 0.6) is 0 Å². The standard InChI is InChI=1S/C16H24N2O4/c1-9(2)14(20)17-7-12(19)18-13-10-3-15(21)5-11(13)6-16(22,4-10)8-15/h10-11,13,21-22H,1,3-8H2,2H3,(H,17,20)(H,18,19). The molecule has 4 rings (SSSR count). The molecule has 0 aromatic carbocycles. The van der Waals surface area contributed by atoms with E-state index in [-0.39, 0.29) is 36.2 Å². The Hall–Kier alpha value is -1.40. The van der Waals surface area contributed by atoms with Crippen LogP contribution in [0.25, 0.3) is 0 Å². The molecule has 0 aliphatic heterocycles. The molecule has 4 bridgehead atoms. The van der Waals surface area contributed by atoms with Gasteiger partial charge in [-0.2, -0.15) is 0 Å². The molecule has 4 fully saturated rings. The zero-order chi connectivity index (χ0) is 16.1. The zero-order valence-electron chi connectivity index (χ0n) is 12.9. The molecule has 0 unspecified atom stereocenters. The Morgan fingerprint density at radius 2 is 1.64 bits per heavy atom. The monoisotopic (exact) mass is 308 g/mol. The summed E-state index contributed by atoms with van der Waals surface area (Å²) in [6, 6.07) is -0.0184. The van der Waals surface area contributed by atoms with Crippen molar-refractivity contribution in [3.8, 4) is 0 Å². The first-order valence-corrected chi connectivity index (χ1v) is 7.88. The first-order chi connectivity index (χ1) is 10.2. The maximum absolute atomic E-state index is 12.0. The number of carbonyl (C=O) groups is 2. The van der Waals surface area contributed by atoms with Crippen LogP contribution in [0.15, 0.2) is 12.2 Å². The average Bonchev–Trinajstić information content (AvgIpc) is 2.37. The van der Waals surface area contributed by atoms with E-state index >= 15 is 0 Å². The molecule has 22 heavy (non-hydrogen) atoms. The Bertz CT molecular complexity index is 494. The van der Waals surface area contributed by atoms with E-state index in [4.69, 9.17) is 0 Å². The summed E-state index contributed by atoms with van der Waals surface area (Å²) in [7, 11) is 0. The third-order valence-electron chi connectivity index (χ3n) is 5.37. The molecule has 0 spiro atoms. The summed E-state index contributed by atoms with van der Waals surface area (Å²) in [6.45, 7) is 5.04. The van der Waals surface area contributed by atoms with Gasteiger partial charge in [-0.25, -0.2) is 0 Å². The van der Waals surface area contributed by atoms with Crippen LogP contribution in [0.3, 0.4) is 0 Å². The predicted octanol–water partition coefficient (Wildman–Crippen LogP) is -0.151. The lowest BCUT2D eigenvalue weighted by molar-refractivity contribution is -0.209. The van der Waals surface area contributed by atoms with Crippen molar-refractivity contribution in [1.29, 1.82) is 0 Å². The highest BCUT2D eigenvalue weighted by Crippen LogP contribution is 2.57.